The number of aromatic nitrogens is 1. The maximum absolute atomic E-state index is 11.7. The fraction of sp³-hybridized carbons (Fsp3) is 0.182. The van der Waals surface area contributed by atoms with Gasteiger partial charge < -0.3 is 10.3 Å². The molecule has 4 heteroatoms. The Morgan fingerprint density at radius 3 is 3.07 bits per heavy atom. The minimum atomic E-state index is 0.00447. The Balaban J connectivity index is 2.36. The fourth-order valence-corrected chi connectivity index (χ4v) is 2.23. The van der Waals surface area contributed by atoms with E-state index >= 15 is 0 Å². The molecule has 1 amide bonds. The van der Waals surface area contributed by atoms with Gasteiger partial charge in [0.1, 0.15) is 0 Å². The van der Waals surface area contributed by atoms with Gasteiger partial charge in [0.05, 0.1) is 5.56 Å². The SMILES string of the molecule is O=C1NCCc2[nH]c3cc(Cl)ccc3c21. The van der Waals surface area contributed by atoms with E-state index in [0.717, 1.165) is 28.6 Å². The van der Waals surface area contributed by atoms with Crippen molar-refractivity contribution in [3.8, 4) is 0 Å². The number of H-pyrrole nitrogens is 1. The zero-order valence-electron chi connectivity index (χ0n) is 7.93. The highest BCUT2D eigenvalue weighted by atomic mass is 35.5. The Kier molecular flexibility index (Phi) is 1.76. The van der Waals surface area contributed by atoms with Gasteiger partial charge in [0, 0.05) is 34.6 Å². The van der Waals surface area contributed by atoms with E-state index in [4.69, 9.17) is 11.6 Å². The van der Waals surface area contributed by atoms with Crippen molar-refractivity contribution in [2.24, 2.45) is 0 Å². The molecule has 2 aromatic rings. The second-order valence-corrected chi connectivity index (χ2v) is 4.11. The Hall–Kier alpha value is -1.48. The molecular weight excluding hydrogens is 212 g/mol. The molecule has 1 aromatic carbocycles. The Labute approximate surface area is 91.4 Å². The number of benzene rings is 1. The summed E-state index contributed by atoms with van der Waals surface area (Å²) in [5.41, 5.74) is 2.72. The van der Waals surface area contributed by atoms with Gasteiger partial charge in [-0.15, -0.1) is 0 Å². The van der Waals surface area contributed by atoms with Gasteiger partial charge in [-0.3, -0.25) is 4.79 Å². The van der Waals surface area contributed by atoms with E-state index in [0.29, 0.717) is 11.6 Å². The molecule has 2 N–H and O–H groups in total. The Bertz CT molecular complexity index is 559. The lowest BCUT2D eigenvalue weighted by Gasteiger charge is -2.11. The van der Waals surface area contributed by atoms with E-state index in [1.54, 1.807) is 6.07 Å². The number of aromatic amines is 1. The monoisotopic (exact) mass is 220 g/mol. The minimum absolute atomic E-state index is 0.00447. The molecule has 0 saturated heterocycles. The minimum Gasteiger partial charge on any atom is -0.358 e. The van der Waals surface area contributed by atoms with Crippen molar-refractivity contribution in [2.75, 3.05) is 6.54 Å². The van der Waals surface area contributed by atoms with Crippen LogP contribution in [0.4, 0.5) is 0 Å². The van der Waals surface area contributed by atoms with Gasteiger partial charge in [0.15, 0.2) is 0 Å². The summed E-state index contributed by atoms with van der Waals surface area (Å²) in [4.78, 5) is 14.9. The molecule has 0 unspecified atom stereocenters. The molecule has 1 aliphatic rings. The van der Waals surface area contributed by atoms with Gasteiger partial charge >= 0.3 is 0 Å². The molecule has 1 aliphatic heterocycles. The average Bonchev–Trinajstić information content (AvgIpc) is 2.56. The molecule has 15 heavy (non-hydrogen) atoms. The summed E-state index contributed by atoms with van der Waals surface area (Å²) < 4.78 is 0. The van der Waals surface area contributed by atoms with Crippen LogP contribution in [-0.4, -0.2) is 17.4 Å². The van der Waals surface area contributed by atoms with E-state index in [1.807, 2.05) is 12.1 Å². The van der Waals surface area contributed by atoms with E-state index in [1.165, 1.54) is 0 Å². The predicted molar refractivity (Wildman–Crippen MR) is 59.3 cm³/mol. The van der Waals surface area contributed by atoms with Crippen LogP contribution >= 0.6 is 11.6 Å². The fourth-order valence-electron chi connectivity index (χ4n) is 2.06. The summed E-state index contributed by atoms with van der Waals surface area (Å²) in [7, 11) is 0. The largest absolute Gasteiger partial charge is 0.358 e. The second-order valence-electron chi connectivity index (χ2n) is 3.67. The molecule has 3 nitrogen and oxygen atoms in total. The molecule has 0 saturated carbocycles. The highest BCUT2D eigenvalue weighted by Crippen LogP contribution is 2.26. The second kappa shape index (κ2) is 3.00. The van der Waals surface area contributed by atoms with Gasteiger partial charge in [0.2, 0.25) is 0 Å². The van der Waals surface area contributed by atoms with Gasteiger partial charge in [-0.05, 0) is 12.1 Å². The number of nitrogens with one attached hydrogen (secondary N) is 2. The number of amides is 1. The first kappa shape index (κ1) is 8.80. The molecule has 0 bridgehead atoms. The van der Waals surface area contributed by atoms with Crippen LogP contribution in [0, 0.1) is 0 Å². The normalized spacial score (nSPS) is 15.1. The third-order valence-corrected chi connectivity index (χ3v) is 2.96. The molecule has 2 heterocycles. The molecule has 1 aromatic heterocycles. The zero-order valence-corrected chi connectivity index (χ0v) is 8.69. The number of halogens is 1. The molecule has 76 valence electrons. The number of carbonyl (C=O) groups excluding carboxylic acids is 1. The van der Waals surface area contributed by atoms with Crippen molar-refractivity contribution < 1.29 is 4.79 Å². The predicted octanol–water partition coefficient (Wildman–Crippen LogP) is 2.11. The van der Waals surface area contributed by atoms with Crippen LogP contribution in [0.15, 0.2) is 18.2 Å². The van der Waals surface area contributed by atoms with Crippen LogP contribution in [0.5, 0.6) is 0 Å². The van der Waals surface area contributed by atoms with Crippen LogP contribution < -0.4 is 5.32 Å². The summed E-state index contributed by atoms with van der Waals surface area (Å²) >= 11 is 5.90. The van der Waals surface area contributed by atoms with Gasteiger partial charge in [-0.1, -0.05) is 17.7 Å². The molecule has 0 fully saturated rings. The standard InChI is InChI=1S/C11H9ClN2O/c12-6-1-2-7-9(5-6)14-8-3-4-13-11(15)10(7)8/h1-2,5,14H,3-4H2,(H,13,15). The summed E-state index contributed by atoms with van der Waals surface area (Å²) in [5.74, 6) is 0.00447. The highest BCUT2D eigenvalue weighted by molar-refractivity contribution is 6.31. The molecule has 0 radical (unpaired) electrons. The molecule has 3 rings (SSSR count). The van der Waals surface area contributed by atoms with Crippen LogP contribution in [-0.2, 0) is 6.42 Å². The Morgan fingerprint density at radius 1 is 1.33 bits per heavy atom. The lowest BCUT2D eigenvalue weighted by molar-refractivity contribution is 0.0947. The lowest BCUT2D eigenvalue weighted by atomic mass is 10.1. The van der Waals surface area contributed by atoms with Crippen molar-refractivity contribution in [1.29, 1.82) is 0 Å². The number of carbonyl (C=O) groups is 1. The van der Waals surface area contributed by atoms with Crippen LogP contribution in [0.2, 0.25) is 5.02 Å². The maximum atomic E-state index is 11.7. The van der Waals surface area contributed by atoms with Gasteiger partial charge in [-0.2, -0.15) is 0 Å². The number of hydrogen-bond donors (Lipinski definition) is 2. The van der Waals surface area contributed by atoms with Gasteiger partial charge in [0.25, 0.3) is 5.91 Å². The molecule has 0 aliphatic carbocycles. The van der Waals surface area contributed by atoms with E-state index in [9.17, 15) is 4.79 Å². The van der Waals surface area contributed by atoms with Crippen molar-refractivity contribution in [3.05, 3.63) is 34.5 Å². The third kappa shape index (κ3) is 1.23. The van der Waals surface area contributed by atoms with Crippen LogP contribution in [0.25, 0.3) is 10.9 Å². The number of hydrogen-bond acceptors (Lipinski definition) is 1. The van der Waals surface area contributed by atoms with Crippen molar-refractivity contribution in [1.82, 2.24) is 10.3 Å². The van der Waals surface area contributed by atoms with Crippen LogP contribution in [0.1, 0.15) is 16.1 Å². The first-order valence-corrected chi connectivity index (χ1v) is 5.22. The van der Waals surface area contributed by atoms with E-state index < -0.39 is 0 Å². The maximum Gasteiger partial charge on any atom is 0.253 e. The quantitative estimate of drug-likeness (QED) is 0.702. The van der Waals surface area contributed by atoms with E-state index in [2.05, 4.69) is 10.3 Å². The zero-order chi connectivity index (χ0) is 10.4. The smallest absolute Gasteiger partial charge is 0.253 e. The summed E-state index contributed by atoms with van der Waals surface area (Å²) in [6.07, 6.45) is 0.855. The summed E-state index contributed by atoms with van der Waals surface area (Å²) in [5, 5.41) is 4.47. The summed E-state index contributed by atoms with van der Waals surface area (Å²) in [6.45, 7) is 0.701. The van der Waals surface area contributed by atoms with Crippen LogP contribution in [0.3, 0.4) is 0 Å². The molecular formula is C11H9ClN2O. The van der Waals surface area contributed by atoms with Crippen molar-refractivity contribution in [3.63, 3.8) is 0 Å². The summed E-state index contributed by atoms with van der Waals surface area (Å²) in [6, 6.07) is 5.54. The van der Waals surface area contributed by atoms with Crippen molar-refractivity contribution in [2.45, 2.75) is 6.42 Å². The first-order valence-electron chi connectivity index (χ1n) is 4.84. The average molecular weight is 221 g/mol. The highest BCUT2D eigenvalue weighted by Gasteiger charge is 2.21. The van der Waals surface area contributed by atoms with E-state index in [-0.39, 0.29) is 5.91 Å². The Morgan fingerprint density at radius 2 is 2.20 bits per heavy atom. The third-order valence-electron chi connectivity index (χ3n) is 2.73. The molecule has 0 spiro atoms. The number of rotatable bonds is 0. The van der Waals surface area contributed by atoms with Crippen molar-refractivity contribution >= 4 is 28.4 Å². The first-order chi connectivity index (χ1) is 7.25. The lowest BCUT2D eigenvalue weighted by Crippen LogP contribution is -2.31. The number of fused-ring (bicyclic) bond motifs is 3. The molecule has 0 atom stereocenters. The van der Waals surface area contributed by atoms with Gasteiger partial charge in [-0.25, -0.2) is 0 Å². The topological polar surface area (TPSA) is 44.9 Å².